The SMILES string of the molecule is CN1CCN(C(=O)c2ncn3c2COc2ccccc2-3)CC1. The van der Waals surface area contributed by atoms with E-state index in [2.05, 4.69) is 16.9 Å². The Morgan fingerprint density at radius 3 is 2.77 bits per heavy atom. The second kappa shape index (κ2) is 5.14. The number of hydrogen-bond donors (Lipinski definition) is 0. The van der Waals surface area contributed by atoms with E-state index < -0.39 is 0 Å². The molecular formula is C16H18N4O2. The van der Waals surface area contributed by atoms with Crippen molar-refractivity contribution in [3.05, 3.63) is 42.0 Å². The van der Waals surface area contributed by atoms with Crippen molar-refractivity contribution in [3.8, 4) is 11.4 Å². The molecular weight excluding hydrogens is 280 g/mol. The van der Waals surface area contributed by atoms with E-state index in [-0.39, 0.29) is 5.91 Å². The number of benzene rings is 1. The predicted octanol–water partition coefficient (Wildman–Crippen LogP) is 1.15. The molecule has 0 bridgehead atoms. The van der Waals surface area contributed by atoms with Crippen LogP contribution in [-0.4, -0.2) is 58.5 Å². The molecule has 3 heterocycles. The average molecular weight is 298 g/mol. The van der Waals surface area contributed by atoms with Gasteiger partial charge in [-0.05, 0) is 19.2 Å². The highest BCUT2D eigenvalue weighted by Crippen LogP contribution is 2.30. The lowest BCUT2D eigenvalue weighted by atomic mass is 10.2. The number of amides is 1. The average Bonchev–Trinajstić information content (AvgIpc) is 2.99. The summed E-state index contributed by atoms with van der Waals surface area (Å²) in [5, 5.41) is 0. The molecule has 0 spiro atoms. The number of carbonyl (C=O) groups is 1. The van der Waals surface area contributed by atoms with Gasteiger partial charge >= 0.3 is 0 Å². The summed E-state index contributed by atoms with van der Waals surface area (Å²) in [5.41, 5.74) is 2.29. The molecule has 0 unspecified atom stereocenters. The Hall–Kier alpha value is -2.34. The highest BCUT2D eigenvalue weighted by atomic mass is 16.5. The van der Waals surface area contributed by atoms with Crippen LogP contribution in [0.25, 0.3) is 5.69 Å². The highest BCUT2D eigenvalue weighted by molar-refractivity contribution is 5.93. The van der Waals surface area contributed by atoms with Crippen molar-refractivity contribution in [2.45, 2.75) is 6.61 Å². The molecule has 1 saturated heterocycles. The molecule has 2 aliphatic rings. The molecule has 22 heavy (non-hydrogen) atoms. The van der Waals surface area contributed by atoms with Crippen molar-refractivity contribution >= 4 is 5.91 Å². The Kier molecular flexibility index (Phi) is 3.11. The molecule has 0 saturated carbocycles. The van der Waals surface area contributed by atoms with Crippen molar-refractivity contribution in [2.75, 3.05) is 33.2 Å². The first-order valence-electron chi connectivity index (χ1n) is 7.50. The van der Waals surface area contributed by atoms with Crippen LogP contribution in [0.1, 0.15) is 16.2 Å². The number of carbonyl (C=O) groups excluding carboxylic acids is 1. The van der Waals surface area contributed by atoms with E-state index in [1.807, 2.05) is 33.7 Å². The zero-order valence-electron chi connectivity index (χ0n) is 12.5. The summed E-state index contributed by atoms with van der Waals surface area (Å²) in [6.45, 7) is 3.69. The van der Waals surface area contributed by atoms with Gasteiger partial charge in [-0.2, -0.15) is 0 Å². The van der Waals surface area contributed by atoms with E-state index in [9.17, 15) is 4.79 Å². The van der Waals surface area contributed by atoms with Crippen LogP contribution in [0.4, 0.5) is 0 Å². The third-order valence-corrected chi connectivity index (χ3v) is 4.35. The van der Waals surface area contributed by atoms with Gasteiger partial charge in [-0.25, -0.2) is 4.98 Å². The molecule has 4 rings (SSSR count). The second-order valence-corrected chi connectivity index (χ2v) is 5.76. The van der Waals surface area contributed by atoms with Crippen LogP contribution < -0.4 is 4.74 Å². The lowest BCUT2D eigenvalue weighted by molar-refractivity contribution is 0.0655. The Bertz CT molecular complexity index is 717. The van der Waals surface area contributed by atoms with Crippen molar-refractivity contribution < 1.29 is 9.53 Å². The van der Waals surface area contributed by atoms with Crippen LogP contribution in [-0.2, 0) is 6.61 Å². The number of fused-ring (bicyclic) bond motifs is 3. The number of para-hydroxylation sites is 2. The first kappa shape index (κ1) is 13.3. The molecule has 0 N–H and O–H groups in total. The van der Waals surface area contributed by atoms with Gasteiger partial charge in [0.05, 0.1) is 11.4 Å². The highest BCUT2D eigenvalue weighted by Gasteiger charge is 2.28. The van der Waals surface area contributed by atoms with Gasteiger partial charge in [-0.1, -0.05) is 12.1 Å². The maximum absolute atomic E-state index is 12.7. The monoisotopic (exact) mass is 298 g/mol. The number of aromatic nitrogens is 2. The van der Waals surface area contributed by atoms with Gasteiger partial charge in [-0.15, -0.1) is 0 Å². The van der Waals surface area contributed by atoms with E-state index in [0.717, 1.165) is 43.3 Å². The fourth-order valence-electron chi connectivity index (χ4n) is 2.98. The fraction of sp³-hybridized carbons (Fsp3) is 0.375. The van der Waals surface area contributed by atoms with E-state index >= 15 is 0 Å². The van der Waals surface area contributed by atoms with Gasteiger partial charge in [-0.3, -0.25) is 9.36 Å². The van der Waals surface area contributed by atoms with Crippen LogP contribution in [0.5, 0.6) is 5.75 Å². The molecule has 1 aromatic carbocycles. The van der Waals surface area contributed by atoms with Crippen molar-refractivity contribution in [1.82, 2.24) is 19.4 Å². The molecule has 1 aromatic heterocycles. The van der Waals surface area contributed by atoms with Crippen molar-refractivity contribution in [2.24, 2.45) is 0 Å². The van der Waals surface area contributed by atoms with E-state index in [1.54, 1.807) is 6.33 Å². The predicted molar refractivity (Wildman–Crippen MR) is 81.3 cm³/mol. The number of rotatable bonds is 1. The molecule has 0 aliphatic carbocycles. The lowest BCUT2D eigenvalue weighted by Gasteiger charge is -2.32. The summed E-state index contributed by atoms with van der Waals surface area (Å²) in [6, 6.07) is 7.81. The van der Waals surface area contributed by atoms with E-state index in [4.69, 9.17) is 4.74 Å². The molecule has 0 atom stereocenters. The van der Waals surface area contributed by atoms with Crippen LogP contribution in [0.2, 0.25) is 0 Å². The summed E-state index contributed by atoms with van der Waals surface area (Å²) >= 11 is 0. The molecule has 6 heteroatoms. The smallest absolute Gasteiger partial charge is 0.274 e. The minimum atomic E-state index is 0.00447. The van der Waals surface area contributed by atoms with Crippen molar-refractivity contribution in [3.63, 3.8) is 0 Å². The van der Waals surface area contributed by atoms with Gasteiger partial charge < -0.3 is 14.5 Å². The second-order valence-electron chi connectivity index (χ2n) is 5.76. The van der Waals surface area contributed by atoms with E-state index in [0.29, 0.717) is 12.3 Å². The first-order chi connectivity index (χ1) is 10.7. The minimum absolute atomic E-state index is 0.00447. The molecule has 6 nitrogen and oxygen atoms in total. The van der Waals surface area contributed by atoms with Crippen LogP contribution in [0.3, 0.4) is 0 Å². The molecule has 2 aliphatic heterocycles. The van der Waals surface area contributed by atoms with Gasteiger partial charge in [0, 0.05) is 26.2 Å². The van der Waals surface area contributed by atoms with Crippen LogP contribution in [0.15, 0.2) is 30.6 Å². The molecule has 2 aromatic rings. The zero-order chi connectivity index (χ0) is 15.1. The normalized spacial score (nSPS) is 17.6. The summed E-state index contributed by atoms with van der Waals surface area (Å²) in [5.74, 6) is 0.829. The Balaban J connectivity index is 1.66. The van der Waals surface area contributed by atoms with E-state index in [1.165, 1.54) is 0 Å². The lowest BCUT2D eigenvalue weighted by Crippen LogP contribution is -2.47. The fourth-order valence-corrected chi connectivity index (χ4v) is 2.98. The third kappa shape index (κ3) is 2.07. The number of ether oxygens (including phenoxy) is 1. The largest absolute Gasteiger partial charge is 0.485 e. The van der Waals surface area contributed by atoms with Crippen molar-refractivity contribution in [1.29, 1.82) is 0 Å². The van der Waals surface area contributed by atoms with Gasteiger partial charge in [0.25, 0.3) is 5.91 Å². The molecule has 1 amide bonds. The maximum atomic E-state index is 12.7. The third-order valence-electron chi connectivity index (χ3n) is 4.35. The summed E-state index contributed by atoms with van der Waals surface area (Å²) in [4.78, 5) is 21.2. The Labute approximate surface area is 128 Å². The number of nitrogens with zero attached hydrogens (tertiary/aromatic N) is 4. The number of hydrogen-bond acceptors (Lipinski definition) is 4. The Morgan fingerprint density at radius 2 is 1.95 bits per heavy atom. The van der Waals surface area contributed by atoms with Gasteiger partial charge in [0.1, 0.15) is 18.7 Å². The Morgan fingerprint density at radius 1 is 1.18 bits per heavy atom. The summed E-state index contributed by atoms with van der Waals surface area (Å²) < 4.78 is 7.72. The van der Waals surface area contributed by atoms with Gasteiger partial charge in [0.15, 0.2) is 5.69 Å². The standard InChI is InChI=1S/C16H18N4O2/c1-18-6-8-19(9-7-18)16(21)15-13-10-22-14-5-3-2-4-12(14)20(13)11-17-15/h2-5,11H,6-10H2,1H3. The maximum Gasteiger partial charge on any atom is 0.274 e. The number of piperazine rings is 1. The zero-order valence-corrected chi connectivity index (χ0v) is 12.5. The summed E-state index contributed by atoms with van der Waals surface area (Å²) in [6.07, 6.45) is 1.72. The van der Waals surface area contributed by atoms with Gasteiger partial charge in [0.2, 0.25) is 0 Å². The van der Waals surface area contributed by atoms with Crippen LogP contribution in [0, 0.1) is 0 Å². The summed E-state index contributed by atoms with van der Waals surface area (Å²) in [7, 11) is 2.07. The first-order valence-corrected chi connectivity index (χ1v) is 7.50. The number of imidazole rings is 1. The van der Waals surface area contributed by atoms with Crippen LogP contribution >= 0.6 is 0 Å². The molecule has 114 valence electrons. The minimum Gasteiger partial charge on any atom is -0.485 e. The molecule has 0 radical (unpaired) electrons. The number of likely N-dealkylation sites (N-methyl/N-ethyl adjacent to an activating group) is 1. The topological polar surface area (TPSA) is 50.6 Å². The quantitative estimate of drug-likeness (QED) is 0.792. The molecule has 1 fully saturated rings.